The van der Waals surface area contributed by atoms with Crippen LogP contribution in [0.15, 0.2) is 30.3 Å². The second-order valence-electron chi connectivity index (χ2n) is 5.09. The van der Waals surface area contributed by atoms with Crippen molar-refractivity contribution in [1.82, 2.24) is 0 Å². The summed E-state index contributed by atoms with van der Waals surface area (Å²) in [5.74, 6) is 0. The van der Waals surface area contributed by atoms with Gasteiger partial charge >= 0.3 is 7.60 Å². The fraction of sp³-hybridized carbons (Fsp3) is 0.625. The summed E-state index contributed by atoms with van der Waals surface area (Å²) in [4.78, 5) is 0. The molecule has 0 fully saturated rings. The highest BCUT2D eigenvalue weighted by Gasteiger charge is 2.29. The highest BCUT2D eigenvalue weighted by molar-refractivity contribution is 7.53. The van der Waals surface area contributed by atoms with Crippen molar-refractivity contribution in [3.63, 3.8) is 0 Å². The van der Waals surface area contributed by atoms with E-state index in [1.54, 1.807) is 0 Å². The normalized spacial score (nSPS) is 13.3. The van der Waals surface area contributed by atoms with E-state index in [0.717, 1.165) is 31.2 Å². The average molecular weight is 314 g/mol. The summed E-state index contributed by atoms with van der Waals surface area (Å²) in [5, 5.41) is 10.2. The molecule has 0 spiro atoms. The van der Waals surface area contributed by atoms with Crippen LogP contribution < -0.4 is 0 Å². The predicted molar refractivity (Wildman–Crippen MR) is 85.6 cm³/mol. The number of hydrogen-bond donors (Lipinski definition) is 1. The smallest absolute Gasteiger partial charge is 0.333 e. The molecule has 21 heavy (non-hydrogen) atoms. The van der Waals surface area contributed by atoms with Crippen LogP contribution in [0.1, 0.15) is 51.2 Å². The van der Waals surface area contributed by atoms with E-state index in [9.17, 15) is 9.67 Å². The first-order valence-corrected chi connectivity index (χ1v) is 9.45. The summed E-state index contributed by atoms with van der Waals surface area (Å²) < 4.78 is 23.7. The minimum Gasteiger partial charge on any atom is -0.388 e. The van der Waals surface area contributed by atoms with Gasteiger partial charge in [-0.25, -0.2) is 0 Å². The van der Waals surface area contributed by atoms with Gasteiger partial charge in [0, 0.05) is 0 Å². The fourth-order valence-corrected chi connectivity index (χ4v) is 3.57. The first-order chi connectivity index (χ1) is 10.1. The molecular formula is C16H27O4P. The standard InChI is InChI=1S/C16H27O4P/c1-3-5-12-19-21(18,20-13-6-4-2)14-16(17)15-10-8-7-9-11-15/h7-11,16-17H,3-6,12-14H2,1-2H3/t16-/m0/s1. The van der Waals surface area contributed by atoms with Crippen molar-refractivity contribution in [2.24, 2.45) is 0 Å². The minimum atomic E-state index is -3.25. The van der Waals surface area contributed by atoms with Crippen molar-refractivity contribution < 1.29 is 18.7 Å². The Hall–Kier alpha value is -0.670. The van der Waals surface area contributed by atoms with E-state index < -0.39 is 13.7 Å². The van der Waals surface area contributed by atoms with Gasteiger partial charge in [0.2, 0.25) is 0 Å². The molecule has 120 valence electrons. The van der Waals surface area contributed by atoms with E-state index >= 15 is 0 Å². The summed E-state index contributed by atoms with van der Waals surface area (Å²) >= 11 is 0. The summed E-state index contributed by atoms with van der Waals surface area (Å²) in [5.41, 5.74) is 0.732. The minimum absolute atomic E-state index is 0.00441. The Balaban J connectivity index is 2.64. The molecule has 1 aromatic rings. The number of rotatable bonds is 11. The molecule has 0 saturated heterocycles. The van der Waals surface area contributed by atoms with Crippen LogP contribution in [0.25, 0.3) is 0 Å². The molecule has 0 saturated carbocycles. The van der Waals surface area contributed by atoms with Gasteiger partial charge in [0.25, 0.3) is 0 Å². The molecule has 0 bridgehead atoms. The van der Waals surface area contributed by atoms with E-state index in [1.165, 1.54) is 0 Å². The van der Waals surface area contributed by atoms with Crippen molar-refractivity contribution in [2.75, 3.05) is 19.4 Å². The van der Waals surface area contributed by atoms with Gasteiger partial charge in [-0.05, 0) is 18.4 Å². The number of hydrogen-bond acceptors (Lipinski definition) is 4. The lowest BCUT2D eigenvalue weighted by atomic mass is 10.1. The molecule has 0 aromatic heterocycles. The molecule has 0 heterocycles. The zero-order valence-electron chi connectivity index (χ0n) is 13.0. The molecule has 1 rings (SSSR count). The molecule has 4 nitrogen and oxygen atoms in total. The van der Waals surface area contributed by atoms with Crippen molar-refractivity contribution in [2.45, 2.75) is 45.6 Å². The van der Waals surface area contributed by atoms with Gasteiger partial charge in [0.1, 0.15) is 0 Å². The maximum atomic E-state index is 12.7. The van der Waals surface area contributed by atoms with Crippen molar-refractivity contribution in [3.05, 3.63) is 35.9 Å². The van der Waals surface area contributed by atoms with Crippen LogP contribution in [0.5, 0.6) is 0 Å². The first-order valence-electron chi connectivity index (χ1n) is 7.72. The van der Waals surface area contributed by atoms with Gasteiger partial charge in [0.15, 0.2) is 0 Å². The zero-order chi connectivity index (χ0) is 15.6. The number of aliphatic hydroxyl groups is 1. The van der Waals surface area contributed by atoms with Crippen molar-refractivity contribution in [1.29, 1.82) is 0 Å². The number of unbranched alkanes of at least 4 members (excludes halogenated alkanes) is 2. The quantitative estimate of drug-likeness (QED) is 0.481. The fourth-order valence-electron chi connectivity index (χ4n) is 1.83. The lowest BCUT2D eigenvalue weighted by Crippen LogP contribution is -2.10. The number of aliphatic hydroxyl groups excluding tert-OH is 1. The van der Waals surface area contributed by atoms with Crippen LogP contribution in [0, 0.1) is 0 Å². The van der Waals surface area contributed by atoms with Gasteiger partial charge in [0.05, 0.1) is 25.5 Å². The van der Waals surface area contributed by atoms with Gasteiger partial charge in [-0.15, -0.1) is 0 Å². The lowest BCUT2D eigenvalue weighted by molar-refractivity contribution is 0.163. The van der Waals surface area contributed by atoms with Gasteiger partial charge < -0.3 is 14.2 Å². The monoisotopic (exact) mass is 314 g/mol. The Morgan fingerprint density at radius 1 is 1.05 bits per heavy atom. The van der Waals surface area contributed by atoms with Crippen LogP contribution in [0.4, 0.5) is 0 Å². The largest absolute Gasteiger partial charge is 0.388 e. The maximum Gasteiger partial charge on any atom is 0.333 e. The third-order valence-electron chi connectivity index (χ3n) is 3.15. The van der Waals surface area contributed by atoms with Crippen LogP contribution in [-0.2, 0) is 13.6 Å². The van der Waals surface area contributed by atoms with E-state index in [2.05, 4.69) is 0 Å². The zero-order valence-corrected chi connectivity index (χ0v) is 13.9. The first kappa shape index (κ1) is 18.4. The van der Waals surface area contributed by atoms with Crippen LogP contribution in [0.3, 0.4) is 0 Å². The highest BCUT2D eigenvalue weighted by atomic mass is 31.2. The molecule has 0 aliphatic heterocycles. The van der Waals surface area contributed by atoms with Crippen molar-refractivity contribution >= 4 is 7.60 Å². The second kappa shape index (κ2) is 10.1. The molecule has 0 aliphatic rings. The average Bonchev–Trinajstić information content (AvgIpc) is 2.48. The molecule has 0 aliphatic carbocycles. The van der Waals surface area contributed by atoms with Gasteiger partial charge in [-0.2, -0.15) is 0 Å². The predicted octanol–water partition coefficient (Wildman–Crippen LogP) is 4.55. The van der Waals surface area contributed by atoms with E-state index in [4.69, 9.17) is 9.05 Å². The lowest BCUT2D eigenvalue weighted by Gasteiger charge is -2.21. The second-order valence-corrected chi connectivity index (χ2v) is 7.20. The molecule has 0 amide bonds. The third kappa shape index (κ3) is 7.23. The Labute approximate surface area is 128 Å². The molecule has 1 aromatic carbocycles. The molecular weight excluding hydrogens is 287 g/mol. The van der Waals surface area contributed by atoms with Gasteiger partial charge in [-0.1, -0.05) is 57.0 Å². The molecule has 1 atom stereocenters. The summed E-state index contributed by atoms with van der Waals surface area (Å²) in [6, 6.07) is 9.20. The summed E-state index contributed by atoms with van der Waals surface area (Å²) in [6.07, 6.45) is 2.78. The van der Waals surface area contributed by atoms with Gasteiger partial charge in [-0.3, -0.25) is 4.57 Å². The molecule has 1 N–H and O–H groups in total. The summed E-state index contributed by atoms with van der Waals surface area (Å²) in [7, 11) is -3.25. The molecule has 5 heteroatoms. The SMILES string of the molecule is CCCCOP(=O)(C[C@H](O)c1ccccc1)OCCCC. The van der Waals surface area contributed by atoms with Crippen LogP contribution in [-0.4, -0.2) is 24.5 Å². The topological polar surface area (TPSA) is 55.8 Å². The van der Waals surface area contributed by atoms with E-state index in [0.29, 0.717) is 13.2 Å². The van der Waals surface area contributed by atoms with Crippen molar-refractivity contribution in [3.8, 4) is 0 Å². The molecule has 0 radical (unpaired) electrons. The maximum absolute atomic E-state index is 12.7. The Morgan fingerprint density at radius 2 is 1.57 bits per heavy atom. The molecule has 0 unspecified atom stereocenters. The number of benzene rings is 1. The summed E-state index contributed by atoms with van der Waals surface area (Å²) in [6.45, 7) is 4.90. The van der Waals surface area contributed by atoms with E-state index in [1.807, 2.05) is 44.2 Å². The third-order valence-corrected chi connectivity index (χ3v) is 5.10. The van der Waals surface area contributed by atoms with E-state index in [-0.39, 0.29) is 6.16 Å². The highest BCUT2D eigenvalue weighted by Crippen LogP contribution is 2.51. The Morgan fingerprint density at radius 3 is 2.05 bits per heavy atom. The van der Waals surface area contributed by atoms with Crippen LogP contribution >= 0.6 is 7.60 Å². The Bertz CT molecular complexity index is 408. The van der Waals surface area contributed by atoms with Crippen LogP contribution in [0.2, 0.25) is 0 Å². The Kier molecular flexibility index (Phi) is 8.86.